The molecule has 0 bridgehead atoms. The third-order valence-electron chi connectivity index (χ3n) is 3.56. The first-order valence-electron chi connectivity index (χ1n) is 7.02. The molecular weight excluding hydrogens is 367 g/mol. The standard InChI is InChI=1S/C13H18Cl2N2O3S2/c1-9-3-2-6-17(8-9)12(18)4-5-16-22(19,20)10-7-11(14)21-13(10)15/h7,9,16H,2-6,8H2,1H3. The molecule has 0 aromatic carbocycles. The number of likely N-dealkylation sites (tertiary alicyclic amines) is 1. The van der Waals surface area contributed by atoms with Crippen molar-refractivity contribution in [1.29, 1.82) is 0 Å². The number of carbonyl (C=O) groups excluding carboxylic acids is 1. The van der Waals surface area contributed by atoms with Gasteiger partial charge in [-0.1, -0.05) is 30.1 Å². The van der Waals surface area contributed by atoms with E-state index >= 15 is 0 Å². The number of rotatable bonds is 5. The molecule has 2 rings (SSSR count). The maximum absolute atomic E-state index is 12.1. The Morgan fingerprint density at radius 2 is 2.23 bits per heavy atom. The van der Waals surface area contributed by atoms with Gasteiger partial charge in [0.15, 0.2) is 0 Å². The number of piperidine rings is 1. The highest BCUT2D eigenvalue weighted by Crippen LogP contribution is 2.34. The summed E-state index contributed by atoms with van der Waals surface area (Å²) >= 11 is 12.6. The number of amides is 1. The average molecular weight is 385 g/mol. The number of carbonyl (C=O) groups is 1. The summed E-state index contributed by atoms with van der Waals surface area (Å²) in [6.07, 6.45) is 2.27. The van der Waals surface area contributed by atoms with Crippen molar-refractivity contribution in [3.8, 4) is 0 Å². The fourth-order valence-corrected chi connectivity index (χ4v) is 5.63. The van der Waals surface area contributed by atoms with Crippen molar-refractivity contribution in [2.45, 2.75) is 31.1 Å². The van der Waals surface area contributed by atoms with Gasteiger partial charge in [0, 0.05) is 26.1 Å². The number of halogens is 2. The molecule has 1 atom stereocenters. The summed E-state index contributed by atoms with van der Waals surface area (Å²) in [6, 6.07) is 1.31. The van der Waals surface area contributed by atoms with Gasteiger partial charge in [-0.2, -0.15) is 0 Å². The van der Waals surface area contributed by atoms with Crippen molar-refractivity contribution >= 4 is 50.5 Å². The predicted octanol–water partition coefficient (Wildman–Crippen LogP) is 2.98. The molecule has 1 saturated heterocycles. The van der Waals surface area contributed by atoms with Gasteiger partial charge in [0.05, 0.1) is 4.34 Å². The van der Waals surface area contributed by atoms with Crippen LogP contribution in [0.25, 0.3) is 0 Å². The lowest BCUT2D eigenvalue weighted by Crippen LogP contribution is -2.40. The van der Waals surface area contributed by atoms with E-state index in [2.05, 4.69) is 11.6 Å². The predicted molar refractivity (Wildman–Crippen MR) is 89.1 cm³/mol. The molecule has 0 radical (unpaired) electrons. The van der Waals surface area contributed by atoms with Crippen LogP contribution in [0.1, 0.15) is 26.2 Å². The van der Waals surface area contributed by atoms with Crippen molar-refractivity contribution in [3.63, 3.8) is 0 Å². The third-order valence-corrected chi connectivity index (χ3v) is 6.77. The summed E-state index contributed by atoms with van der Waals surface area (Å²) in [7, 11) is -3.73. The lowest BCUT2D eigenvalue weighted by Gasteiger charge is -2.31. The first kappa shape index (κ1) is 18.0. The van der Waals surface area contributed by atoms with Crippen LogP contribution in [-0.4, -0.2) is 38.9 Å². The van der Waals surface area contributed by atoms with Crippen molar-refractivity contribution in [1.82, 2.24) is 9.62 Å². The number of nitrogens with zero attached hydrogens (tertiary/aromatic N) is 1. The number of hydrogen-bond acceptors (Lipinski definition) is 4. The topological polar surface area (TPSA) is 66.5 Å². The monoisotopic (exact) mass is 384 g/mol. The molecule has 1 aromatic heterocycles. The molecule has 22 heavy (non-hydrogen) atoms. The second-order valence-corrected chi connectivity index (χ2v) is 9.44. The Balaban J connectivity index is 1.87. The third kappa shape index (κ3) is 4.58. The lowest BCUT2D eigenvalue weighted by atomic mass is 10.0. The first-order valence-corrected chi connectivity index (χ1v) is 10.1. The average Bonchev–Trinajstić information content (AvgIpc) is 2.78. The molecule has 9 heteroatoms. The zero-order valence-corrected chi connectivity index (χ0v) is 15.3. The maximum Gasteiger partial charge on any atom is 0.242 e. The highest BCUT2D eigenvalue weighted by atomic mass is 35.5. The van der Waals surface area contributed by atoms with Crippen LogP contribution in [0.3, 0.4) is 0 Å². The highest BCUT2D eigenvalue weighted by Gasteiger charge is 2.23. The van der Waals surface area contributed by atoms with Crippen LogP contribution < -0.4 is 4.72 Å². The van der Waals surface area contributed by atoms with Crippen molar-refractivity contribution in [2.75, 3.05) is 19.6 Å². The van der Waals surface area contributed by atoms with E-state index in [0.29, 0.717) is 10.3 Å². The Bertz CT molecular complexity index is 646. The largest absolute Gasteiger partial charge is 0.342 e. The van der Waals surface area contributed by atoms with E-state index < -0.39 is 10.0 Å². The molecule has 1 N–H and O–H groups in total. The molecule has 0 saturated carbocycles. The Hall–Kier alpha value is -0.340. The van der Waals surface area contributed by atoms with Gasteiger partial charge in [-0.15, -0.1) is 11.3 Å². The summed E-state index contributed by atoms with van der Waals surface area (Å²) in [5.74, 6) is 0.477. The molecule has 1 aromatic rings. The molecular formula is C13H18Cl2N2O3S2. The summed E-state index contributed by atoms with van der Waals surface area (Å²) in [5, 5.41) is 0. The molecule has 0 aliphatic carbocycles. The normalized spacial score (nSPS) is 19.4. The first-order chi connectivity index (χ1) is 10.3. The fraction of sp³-hybridized carbons (Fsp3) is 0.615. The van der Waals surface area contributed by atoms with Gasteiger partial charge < -0.3 is 4.90 Å². The Morgan fingerprint density at radius 1 is 1.50 bits per heavy atom. The molecule has 1 unspecified atom stereocenters. The van der Waals surface area contributed by atoms with E-state index in [9.17, 15) is 13.2 Å². The molecule has 124 valence electrons. The number of sulfonamides is 1. The van der Waals surface area contributed by atoms with E-state index in [0.717, 1.165) is 37.3 Å². The summed E-state index contributed by atoms with van der Waals surface area (Å²) in [4.78, 5) is 13.8. The Kier molecular flexibility index (Phi) is 6.13. The second kappa shape index (κ2) is 7.49. The number of hydrogen-bond donors (Lipinski definition) is 1. The van der Waals surface area contributed by atoms with Gasteiger partial charge in [-0.05, 0) is 24.8 Å². The fourth-order valence-electron chi connectivity index (χ4n) is 2.45. The van der Waals surface area contributed by atoms with Crippen LogP contribution in [0.15, 0.2) is 11.0 Å². The van der Waals surface area contributed by atoms with E-state index in [4.69, 9.17) is 23.2 Å². The lowest BCUT2D eigenvalue weighted by molar-refractivity contribution is -0.132. The zero-order chi connectivity index (χ0) is 16.3. The molecule has 1 aliphatic heterocycles. The molecule has 1 aliphatic rings. The Morgan fingerprint density at radius 3 is 2.82 bits per heavy atom. The van der Waals surface area contributed by atoms with Crippen molar-refractivity contribution < 1.29 is 13.2 Å². The van der Waals surface area contributed by atoms with E-state index in [1.807, 2.05) is 0 Å². The molecule has 1 fully saturated rings. The molecule has 2 heterocycles. The molecule has 1 amide bonds. The van der Waals surface area contributed by atoms with Gasteiger partial charge in [-0.3, -0.25) is 4.79 Å². The molecule has 0 spiro atoms. The maximum atomic E-state index is 12.1. The van der Waals surface area contributed by atoms with Crippen LogP contribution in [0.2, 0.25) is 8.67 Å². The van der Waals surface area contributed by atoms with Crippen LogP contribution in [0.5, 0.6) is 0 Å². The van der Waals surface area contributed by atoms with Gasteiger partial charge in [0.2, 0.25) is 15.9 Å². The van der Waals surface area contributed by atoms with Gasteiger partial charge in [-0.25, -0.2) is 13.1 Å². The van der Waals surface area contributed by atoms with E-state index in [-0.39, 0.29) is 28.1 Å². The minimum absolute atomic E-state index is 0.0244. The summed E-state index contributed by atoms with van der Waals surface area (Å²) < 4.78 is 27.0. The minimum Gasteiger partial charge on any atom is -0.342 e. The van der Waals surface area contributed by atoms with Crippen LogP contribution >= 0.6 is 34.5 Å². The Labute approximate surface area is 144 Å². The smallest absolute Gasteiger partial charge is 0.242 e. The van der Waals surface area contributed by atoms with Crippen molar-refractivity contribution in [3.05, 3.63) is 14.7 Å². The van der Waals surface area contributed by atoms with E-state index in [1.54, 1.807) is 4.90 Å². The van der Waals surface area contributed by atoms with Crippen LogP contribution in [0, 0.1) is 5.92 Å². The number of nitrogens with one attached hydrogen (secondary N) is 1. The van der Waals surface area contributed by atoms with Crippen LogP contribution in [-0.2, 0) is 14.8 Å². The molecule has 5 nitrogen and oxygen atoms in total. The SMILES string of the molecule is CC1CCCN(C(=O)CCNS(=O)(=O)c2cc(Cl)sc2Cl)C1. The quantitative estimate of drug-likeness (QED) is 0.848. The summed E-state index contributed by atoms with van der Waals surface area (Å²) in [6.45, 7) is 3.67. The van der Waals surface area contributed by atoms with Gasteiger partial charge in [0.25, 0.3) is 0 Å². The minimum atomic E-state index is -3.73. The van der Waals surface area contributed by atoms with Crippen LogP contribution in [0.4, 0.5) is 0 Å². The second-order valence-electron chi connectivity index (χ2n) is 5.42. The number of thiophene rings is 1. The zero-order valence-electron chi connectivity index (χ0n) is 12.1. The van der Waals surface area contributed by atoms with Gasteiger partial charge in [0.1, 0.15) is 9.23 Å². The van der Waals surface area contributed by atoms with E-state index in [1.165, 1.54) is 6.07 Å². The summed E-state index contributed by atoms with van der Waals surface area (Å²) in [5.41, 5.74) is 0. The highest BCUT2D eigenvalue weighted by molar-refractivity contribution is 7.89. The van der Waals surface area contributed by atoms with Crippen molar-refractivity contribution in [2.24, 2.45) is 5.92 Å². The van der Waals surface area contributed by atoms with Gasteiger partial charge >= 0.3 is 0 Å².